The molecule has 1 unspecified atom stereocenters. The van der Waals surface area contributed by atoms with Crippen molar-refractivity contribution in [3.63, 3.8) is 0 Å². The standard InChI is InChI=1S/C27H32N4O4/c32-25(30-34)20-7-9-22(10-8-20)27(11-2-1-3-12-27)26(33)31-13-14-35-18-19(17-31)15-21-5-4-6-24-23(21)16-28-29-24/h4-10,16,19,34H,1-3,11-15,17-18H2,(H,28,29)(H,30,32). The van der Waals surface area contributed by atoms with Gasteiger partial charge in [-0.05, 0) is 48.6 Å². The molecule has 35 heavy (non-hydrogen) atoms. The molecule has 0 radical (unpaired) electrons. The maximum Gasteiger partial charge on any atom is 0.274 e. The lowest BCUT2D eigenvalue weighted by atomic mass is 9.68. The highest BCUT2D eigenvalue weighted by Gasteiger charge is 2.44. The van der Waals surface area contributed by atoms with E-state index in [1.165, 1.54) is 5.56 Å². The highest BCUT2D eigenvalue weighted by Crippen LogP contribution is 2.41. The van der Waals surface area contributed by atoms with E-state index in [0.29, 0.717) is 31.9 Å². The molecule has 2 aliphatic rings. The van der Waals surface area contributed by atoms with Gasteiger partial charge in [0.1, 0.15) is 0 Å². The van der Waals surface area contributed by atoms with Gasteiger partial charge in [-0.15, -0.1) is 0 Å². The maximum absolute atomic E-state index is 14.2. The molecule has 2 aromatic carbocycles. The van der Waals surface area contributed by atoms with Crippen LogP contribution in [0.4, 0.5) is 0 Å². The van der Waals surface area contributed by atoms with Crippen molar-refractivity contribution in [1.29, 1.82) is 0 Å². The van der Waals surface area contributed by atoms with Crippen molar-refractivity contribution in [3.8, 4) is 0 Å². The number of hydrogen-bond donors (Lipinski definition) is 3. The average Bonchev–Trinajstić information content (AvgIpc) is 3.28. The van der Waals surface area contributed by atoms with E-state index in [-0.39, 0.29) is 11.8 Å². The number of rotatable bonds is 5. The Balaban J connectivity index is 1.39. The molecule has 1 atom stereocenters. The van der Waals surface area contributed by atoms with Crippen LogP contribution in [0.2, 0.25) is 0 Å². The lowest BCUT2D eigenvalue weighted by Gasteiger charge is -2.40. The van der Waals surface area contributed by atoms with Crippen LogP contribution in [-0.2, 0) is 21.4 Å². The predicted molar refractivity (Wildman–Crippen MR) is 131 cm³/mol. The van der Waals surface area contributed by atoms with Crippen molar-refractivity contribution in [2.45, 2.75) is 43.9 Å². The summed E-state index contributed by atoms with van der Waals surface area (Å²) < 4.78 is 5.95. The van der Waals surface area contributed by atoms with Crippen LogP contribution in [-0.4, -0.2) is 58.4 Å². The van der Waals surface area contributed by atoms with Crippen molar-refractivity contribution in [3.05, 3.63) is 65.4 Å². The number of aromatic amines is 1. The molecule has 5 rings (SSSR count). The Hall–Kier alpha value is -3.23. The largest absolute Gasteiger partial charge is 0.379 e. The van der Waals surface area contributed by atoms with E-state index in [9.17, 15) is 9.59 Å². The number of carbonyl (C=O) groups excluding carboxylic acids is 2. The molecule has 1 aromatic heterocycles. The number of aromatic nitrogens is 2. The second-order valence-electron chi connectivity index (χ2n) is 9.81. The van der Waals surface area contributed by atoms with Crippen LogP contribution in [0.25, 0.3) is 10.9 Å². The Morgan fingerprint density at radius 3 is 2.71 bits per heavy atom. The number of fused-ring (bicyclic) bond motifs is 1. The van der Waals surface area contributed by atoms with Gasteiger partial charge in [-0.2, -0.15) is 5.10 Å². The number of H-pyrrole nitrogens is 1. The summed E-state index contributed by atoms with van der Waals surface area (Å²) in [5.41, 5.74) is 4.62. The fourth-order valence-corrected chi connectivity index (χ4v) is 5.80. The minimum absolute atomic E-state index is 0.161. The van der Waals surface area contributed by atoms with Crippen LogP contribution in [0, 0.1) is 5.92 Å². The van der Waals surface area contributed by atoms with Crippen LogP contribution >= 0.6 is 0 Å². The number of hydroxylamine groups is 1. The van der Waals surface area contributed by atoms with Crippen LogP contribution in [0.1, 0.15) is 53.6 Å². The Bertz CT molecular complexity index is 1180. The second kappa shape index (κ2) is 10.2. The lowest BCUT2D eigenvalue weighted by Crippen LogP contribution is -2.50. The highest BCUT2D eigenvalue weighted by molar-refractivity contribution is 5.94. The van der Waals surface area contributed by atoms with Crippen LogP contribution < -0.4 is 5.48 Å². The molecule has 2 heterocycles. The fourth-order valence-electron chi connectivity index (χ4n) is 5.80. The summed E-state index contributed by atoms with van der Waals surface area (Å²) >= 11 is 0. The van der Waals surface area contributed by atoms with E-state index in [0.717, 1.165) is 55.0 Å². The molecular weight excluding hydrogens is 444 g/mol. The van der Waals surface area contributed by atoms with Gasteiger partial charge in [-0.3, -0.25) is 19.9 Å². The van der Waals surface area contributed by atoms with Gasteiger partial charge in [0.25, 0.3) is 5.91 Å². The minimum Gasteiger partial charge on any atom is -0.379 e. The second-order valence-corrected chi connectivity index (χ2v) is 9.81. The van der Waals surface area contributed by atoms with Gasteiger partial charge in [-0.25, -0.2) is 5.48 Å². The molecule has 3 N–H and O–H groups in total. The first-order valence-electron chi connectivity index (χ1n) is 12.4. The van der Waals surface area contributed by atoms with Crippen LogP contribution in [0.3, 0.4) is 0 Å². The topological polar surface area (TPSA) is 108 Å². The van der Waals surface area contributed by atoms with Crippen LogP contribution in [0.15, 0.2) is 48.7 Å². The van der Waals surface area contributed by atoms with E-state index in [2.05, 4.69) is 16.3 Å². The normalized spacial score (nSPS) is 20.4. The maximum atomic E-state index is 14.2. The van der Waals surface area contributed by atoms with Crippen molar-refractivity contribution in [2.24, 2.45) is 5.92 Å². The van der Waals surface area contributed by atoms with E-state index in [4.69, 9.17) is 9.94 Å². The Labute approximate surface area is 204 Å². The van der Waals surface area contributed by atoms with Gasteiger partial charge in [0.05, 0.1) is 30.3 Å². The summed E-state index contributed by atoms with van der Waals surface area (Å²) in [6, 6.07) is 13.3. The Morgan fingerprint density at radius 1 is 1.14 bits per heavy atom. The summed E-state index contributed by atoms with van der Waals surface area (Å²) in [5, 5.41) is 17.3. The summed E-state index contributed by atoms with van der Waals surface area (Å²) in [6.45, 7) is 2.39. The molecule has 184 valence electrons. The number of amides is 2. The Kier molecular flexibility index (Phi) is 6.83. The SMILES string of the molecule is O=C(NO)c1ccc(C2(C(=O)N3CCOCC(Cc4cccc5[nH]ncc45)C3)CCCCC2)cc1. The molecule has 2 fully saturated rings. The molecule has 2 amide bonds. The number of benzene rings is 2. The van der Waals surface area contributed by atoms with E-state index in [1.807, 2.05) is 35.4 Å². The van der Waals surface area contributed by atoms with Crippen molar-refractivity contribution in [1.82, 2.24) is 20.6 Å². The molecule has 1 aliphatic heterocycles. The van der Waals surface area contributed by atoms with Gasteiger partial charge in [0, 0.05) is 30.0 Å². The molecule has 8 heteroatoms. The average molecular weight is 477 g/mol. The molecule has 8 nitrogen and oxygen atoms in total. The molecule has 1 saturated carbocycles. The predicted octanol–water partition coefficient (Wildman–Crippen LogP) is 3.60. The molecular formula is C27H32N4O4. The third-order valence-electron chi connectivity index (χ3n) is 7.63. The zero-order valence-electron chi connectivity index (χ0n) is 19.8. The van der Waals surface area contributed by atoms with Crippen molar-refractivity contribution < 1.29 is 19.5 Å². The first-order chi connectivity index (χ1) is 17.1. The summed E-state index contributed by atoms with van der Waals surface area (Å²) in [6.07, 6.45) is 7.41. The minimum atomic E-state index is -0.591. The van der Waals surface area contributed by atoms with Crippen molar-refractivity contribution >= 4 is 22.7 Å². The monoisotopic (exact) mass is 476 g/mol. The van der Waals surface area contributed by atoms with Crippen LogP contribution in [0.5, 0.6) is 0 Å². The number of nitrogens with zero attached hydrogens (tertiary/aromatic N) is 2. The van der Waals surface area contributed by atoms with Gasteiger partial charge in [0.2, 0.25) is 5.91 Å². The van der Waals surface area contributed by atoms with Crippen molar-refractivity contribution in [2.75, 3.05) is 26.3 Å². The third kappa shape index (κ3) is 4.68. The first-order valence-corrected chi connectivity index (χ1v) is 12.4. The highest BCUT2D eigenvalue weighted by atomic mass is 16.5. The zero-order valence-corrected chi connectivity index (χ0v) is 19.8. The Morgan fingerprint density at radius 2 is 1.94 bits per heavy atom. The quantitative estimate of drug-likeness (QED) is 0.385. The fraction of sp³-hybridized carbons (Fsp3) is 0.444. The number of hydrogen-bond acceptors (Lipinski definition) is 5. The lowest BCUT2D eigenvalue weighted by molar-refractivity contribution is -0.139. The first kappa shape index (κ1) is 23.5. The molecule has 1 aliphatic carbocycles. The summed E-state index contributed by atoms with van der Waals surface area (Å²) in [4.78, 5) is 28.0. The van der Waals surface area contributed by atoms with Gasteiger partial charge in [0.15, 0.2) is 0 Å². The third-order valence-corrected chi connectivity index (χ3v) is 7.63. The van der Waals surface area contributed by atoms with E-state index >= 15 is 0 Å². The number of nitrogens with one attached hydrogen (secondary N) is 2. The molecule has 0 spiro atoms. The van der Waals surface area contributed by atoms with Gasteiger partial charge < -0.3 is 9.64 Å². The number of carbonyl (C=O) groups is 2. The van der Waals surface area contributed by atoms with Gasteiger partial charge in [-0.1, -0.05) is 43.5 Å². The van der Waals surface area contributed by atoms with E-state index < -0.39 is 11.3 Å². The van der Waals surface area contributed by atoms with Gasteiger partial charge >= 0.3 is 0 Å². The van der Waals surface area contributed by atoms with E-state index in [1.54, 1.807) is 17.6 Å². The summed E-state index contributed by atoms with van der Waals surface area (Å²) in [7, 11) is 0. The summed E-state index contributed by atoms with van der Waals surface area (Å²) in [5.74, 6) is -0.201. The number of ether oxygens (including phenoxy) is 1. The molecule has 3 aromatic rings. The molecule has 1 saturated heterocycles. The zero-order chi connectivity index (χ0) is 24.3. The molecule has 0 bridgehead atoms. The smallest absolute Gasteiger partial charge is 0.274 e.